The third-order valence-electron chi connectivity index (χ3n) is 1.13. The Balaban J connectivity index is 0.00000121. The van der Waals surface area contributed by atoms with Gasteiger partial charge < -0.3 is 9.90 Å². The van der Waals surface area contributed by atoms with E-state index in [-0.39, 0.29) is 35.3 Å². The van der Waals surface area contributed by atoms with Crippen LogP contribution in [0.4, 0.5) is 4.39 Å². The van der Waals surface area contributed by atoms with Gasteiger partial charge in [0.1, 0.15) is 5.82 Å². The van der Waals surface area contributed by atoms with Gasteiger partial charge in [-0.25, -0.2) is 4.39 Å². The van der Waals surface area contributed by atoms with Crippen LogP contribution < -0.4 is 34.7 Å². The van der Waals surface area contributed by atoms with Crippen LogP contribution in [0.1, 0.15) is 16.2 Å². The van der Waals surface area contributed by atoms with E-state index >= 15 is 0 Å². The van der Waals surface area contributed by atoms with E-state index < -0.39 is 11.8 Å². The van der Waals surface area contributed by atoms with E-state index in [1.165, 1.54) is 6.92 Å². The number of aromatic nitrogens is 1. The van der Waals surface area contributed by atoms with Crippen LogP contribution in [-0.2, 0) is 0 Å². The minimum absolute atomic E-state index is 0. The molecular formula is C7H5FNNaO2. The van der Waals surface area contributed by atoms with Gasteiger partial charge in [-0.3, -0.25) is 4.98 Å². The zero-order valence-corrected chi connectivity index (χ0v) is 8.80. The van der Waals surface area contributed by atoms with Gasteiger partial charge >= 0.3 is 29.6 Å². The van der Waals surface area contributed by atoms with Crippen molar-refractivity contribution in [2.75, 3.05) is 0 Å². The Bertz CT molecular complexity index is 283. The molecule has 1 heterocycles. The topological polar surface area (TPSA) is 53.0 Å². The van der Waals surface area contributed by atoms with Gasteiger partial charge in [-0.2, -0.15) is 0 Å². The molecule has 0 aliphatic heterocycles. The summed E-state index contributed by atoms with van der Waals surface area (Å²) in [6.07, 6.45) is 0. The molecule has 0 atom stereocenters. The zero-order valence-electron chi connectivity index (χ0n) is 6.80. The second-order valence-corrected chi connectivity index (χ2v) is 2.10. The van der Waals surface area contributed by atoms with Gasteiger partial charge in [-0.05, 0) is 13.0 Å². The molecule has 0 saturated heterocycles. The molecule has 0 aromatic carbocycles. The summed E-state index contributed by atoms with van der Waals surface area (Å²) < 4.78 is 12.5. The number of nitrogens with zero attached hydrogens (tertiary/aromatic N) is 1. The maximum atomic E-state index is 12.5. The summed E-state index contributed by atoms with van der Waals surface area (Å²) in [6.45, 7) is 1.51. The first kappa shape index (κ1) is 11.6. The Morgan fingerprint density at radius 2 is 2.17 bits per heavy atom. The number of hydrogen-bond donors (Lipinski definition) is 0. The number of halogens is 1. The van der Waals surface area contributed by atoms with Gasteiger partial charge in [0.15, 0.2) is 0 Å². The molecule has 0 aliphatic carbocycles. The van der Waals surface area contributed by atoms with Gasteiger partial charge in [-0.1, -0.05) is 0 Å². The number of carbonyl (C=O) groups excluding carboxylic acids is 1. The summed E-state index contributed by atoms with van der Waals surface area (Å²) in [5, 5.41) is 10.2. The molecule has 0 fully saturated rings. The van der Waals surface area contributed by atoms with Gasteiger partial charge in [-0.15, -0.1) is 0 Å². The Labute approximate surface area is 90.9 Å². The summed E-state index contributed by atoms with van der Waals surface area (Å²) in [7, 11) is 0. The van der Waals surface area contributed by atoms with E-state index in [4.69, 9.17) is 0 Å². The van der Waals surface area contributed by atoms with E-state index in [1.54, 1.807) is 0 Å². The molecule has 1 rings (SSSR count). The van der Waals surface area contributed by atoms with Gasteiger partial charge in [0.2, 0.25) is 0 Å². The van der Waals surface area contributed by atoms with Crippen LogP contribution >= 0.6 is 0 Å². The smallest absolute Gasteiger partial charge is 0.543 e. The van der Waals surface area contributed by atoms with Gasteiger partial charge in [0.05, 0.1) is 11.7 Å². The average molecular weight is 177 g/mol. The van der Waals surface area contributed by atoms with Crippen molar-refractivity contribution in [3.8, 4) is 0 Å². The number of aryl methyl sites for hydroxylation is 1. The number of carboxylic acid groups (broad SMARTS) is 1. The van der Waals surface area contributed by atoms with Crippen molar-refractivity contribution in [1.82, 2.24) is 4.98 Å². The van der Waals surface area contributed by atoms with E-state index in [0.717, 1.165) is 12.1 Å². The Hall–Kier alpha value is -0.450. The fraction of sp³-hybridized carbons (Fsp3) is 0.143. The molecule has 3 nitrogen and oxygen atoms in total. The first-order chi connectivity index (χ1) is 5.09. The molecule has 0 spiro atoms. The number of aromatic carboxylic acids is 1. The summed E-state index contributed by atoms with van der Waals surface area (Å²) in [5.74, 6) is -2.08. The molecule has 1 aromatic heterocycles. The zero-order chi connectivity index (χ0) is 8.43. The molecule has 0 aliphatic rings. The maximum Gasteiger partial charge on any atom is 1.00 e. The van der Waals surface area contributed by atoms with Gasteiger partial charge in [0.25, 0.3) is 0 Å². The van der Waals surface area contributed by atoms with Crippen molar-refractivity contribution in [1.29, 1.82) is 0 Å². The fourth-order valence-corrected chi connectivity index (χ4v) is 0.731. The first-order valence-electron chi connectivity index (χ1n) is 2.95. The molecule has 0 bridgehead atoms. The second kappa shape index (κ2) is 4.54. The standard InChI is InChI=1S/C7H6FNO2.Na/c1-4-2-5(8)3-6(9-4)7(10)11;/h2-3H,1H3,(H,10,11);/q;+1/p-1. The SMILES string of the molecule is Cc1cc(F)cc(C(=O)[O-])n1.[Na+]. The van der Waals surface area contributed by atoms with Crippen molar-refractivity contribution in [2.24, 2.45) is 0 Å². The van der Waals surface area contributed by atoms with E-state index in [2.05, 4.69) is 4.98 Å². The second-order valence-electron chi connectivity index (χ2n) is 2.10. The van der Waals surface area contributed by atoms with E-state index in [0.29, 0.717) is 5.69 Å². The minimum atomic E-state index is -1.47. The number of rotatable bonds is 1. The third kappa shape index (κ3) is 2.89. The Morgan fingerprint density at radius 3 is 2.58 bits per heavy atom. The number of carboxylic acids is 1. The predicted octanol–water partition coefficient (Wildman–Crippen LogP) is -3.10. The molecule has 0 saturated carbocycles. The van der Waals surface area contributed by atoms with Crippen molar-refractivity contribution in [3.05, 3.63) is 29.3 Å². The van der Waals surface area contributed by atoms with Crippen molar-refractivity contribution in [2.45, 2.75) is 6.92 Å². The summed E-state index contributed by atoms with van der Waals surface area (Å²) in [5.41, 5.74) is -0.0494. The third-order valence-corrected chi connectivity index (χ3v) is 1.13. The van der Waals surface area contributed by atoms with Crippen molar-refractivity contribution >= 4 is 5.97 Å². The van der Waals surface area contributed by atoms with Crippen molar-refractivity contribution < 1.29 is 43.8 Å². The van der Waals surface area contributed by atoms with Crippen LogP contribution in [0.5, 0.6) is 0 Å². The van der Waals surface area contributed by atoms with Crippen LogP contribution in [0.15, 0.2) is 12.1 Å². The molecule has 12 heavy (non-hydrogen) atoms. The molecule has 58 valence electrons. The van der Waals surface area contributed by atoms with Gasteiger partial charge in [0, 0.05) is 11.8 Å². The largest absolute Gasteiger partial charge is 1.00 e. The van der Waals surface area contributed by atoms with Crippen LogP contribution in [0, 0.1) is 12.7 Å². The van der Waals surface area contributed by atoms with Crippen LogP contribution in [0.2, 0.25) is 0 Å². The summed E-state index contributed by atoms with van der Waals surface area (Å²) >= 11 is 0. The minimum Gasteiger partial charge on any atom is -0.543 e. The Kier molecular flexibility index (Phi) is 4.37. The monoisotopic (exact) mass is 177 g/mol. The van der Waals surface area contributed by atoms with E-state index in [9.17, 15) is 14.3 Å². The quantitative estimate of drug-likeness (QED) is 0.427. The Morgan fingerprint density at radius 1 is 1.58 bits per heavy atom. The molecule has 0 unspecified atom stereocenters. The van der Waals surface area contributed by atoms with Crippen LogP contribution in [-0.4, -0.2) is 11.0 Å². The van der Waals surface area contributed by atoms with E-state index in [1.807, 2.05) is 0 Å². The maximum absolute atomic E-state index is 12.5. The first-order valence-corrected chi connectivity index (χ1v) is 2.95. The molecule has 1 aromatic rings. The molecule has 0 N–H and O–H groups in total. The van der Waals surface area contributed by atoms with Crippen LogP contribution in [0.25, 0.3) is 0 Å². The molecule has 5 heteroatoms. The normalized spacial score (nSPS) is 8.83. The van der Waals surface area contributed by atoms with Crippen molar-refractivity contribution in [3.63, 3.8) is 0 Å². The molecule has 0 radical (unpaired) electrons. The number of pyridine rings is 1. The predicted molar refractivity (Wildman–Crippen MR) is 33.3 cm³/mol. The molecular weight excluding hydrogens is 172 g/mol. The summed E-state index contributed by atoms with van der Waals surface area (Å²) in [6, 6.07) is 1.97. The molecule has 0 amide bonds. The van der Waals surface area contributed by atoms with Crippen LogP contribution in [0.3, 0.4) is 0 Å². The number of hydrogen-bond acceptors (Lipinski definition) is 3. The number of carbonyl (C=O) groups is 1. The average Bonchev–Trinajstić information content (AvgIpc) is 1.85. The summed E-state index contributed by atoms with van der Waals surface area (Å²) in [4.78, 5) is 13.7. The fourth-order valence-electron chi connectivity index (χ4n) is 0.731.